The second kappa shape index (κ2) is 4.57. The molecule has 0 aliphatic heterocycles. The van der Waals surface area contributed by atoms with E-state index in [0.29, 0.717) is 0 Å². The van der Waals surface area contributed by atoms with Crippen molar-refractivity contribution in [3.8, 4) is 5.82 Å². The van der Waals surface area contributed by atoms with Crippen molar-refractivity contribution in [1.29, 1.82) is 0 Å². The Balaban J connectivity index is 2.24. The molecular weight excluding hydrogens is 276 g/mol. The van der Waals surface area contributed by atoms with Crippen LogP contribution < -0.4 is 0 Å². The summed E-state index contributed by atoms with van der Waals surface area (Å²) in [7, 11) is 0. The lowest BCUT2D eigenvalue weighted by molar-refractivity contribution is 1.08. The minimum Gasteiger partial charge on any atom is -0.348 e. The summed E-state index contributed by atoms with van der Waals surface area (Å²) in [5, 5.41) is 2.52. The molecule has 102 valence electrons. The van der Waals surface area contributed by atoms with E-state index in [-0.39, 0.29) is 0 Å². The maximum absolute atomic E-state index is 5.31. The Morgan fingerprint density at radius 2 is 1.71 bits per heavy atom. The predicted molar refractivity (Wildman–Crippen MR) is 90.7 cm³/mol. The van der Waals surface area contributed by atoms with Crippen LogP contribution in [0, 0.1) is 11.4 Å². The maximum Gasteiger partial charge on any atom is 0.116 e. The zero-order valence-electron chi connectivity index (χ0n) is 11.6. The predicted octanol–water partition coefficient (Wildman–Crippen LogP) is 5.15. The quantitative estimate of drug-likeness (QED) is 0.481. The van der Waals surface area contributed by atoms with Crippen molar-refractivity contribution in [2.24, 2.45) is 0 Å². The van der Waals surface area contributed by atoms with Crippen LogP contribution in [0.2, 0.25) is 0 Å². The maximum atomic E-state index is 5.31. The van der Waals surface area contributed by atoms with E-state index in [1.807, 2.05) is 18.3 Å². The van der Waals surface area contributed by atoms with Crippen LogP contribution in [-0.4, -0.2) is 9.55 Å². The fraction of sp³-hybridized carbons (Fsp3) is 0.0556. The highest BCUT2D eigenvalue weighted by Gasteiger charge is 2.11. The van der Waals surface area contributed by atoms with E-state index in [2.05, 4.69) is 58.9 Å². The lowest BCUT2D eigenvalue weighted by Crippen LogP contribution is -1.96. The number of fused-ring (bicyclic) bond motifs is 3. The van der Waals surface area contributed by atoms with E-state index in [9.17, 15) is 0 Å². The van der Waals surface area contributed by atoms with Crippen LogP contribution in [0.5, 0.6) is 0 Å². The molecular formula is C18H14N2S. The topological polar surface area (TPSA) is 20.7 Å². The molecule has 0 bridgehead atoms. The summed E-state index contributed by atoms with van der Waals surface area (Å²) < 4.78 is 3.08. The van der Waals surface area contributed by atoms with Crippen molar-refractivity contribution < 1.29 is 0 Å². The number of hydrogen-bond donors (Lipinski definition) is 1. The number of aromatic amines is 1. The fourth-order valence-corrected chi connectivity index (χ4v) is 3.08. The van der Waals surface area contributed by atoms with Gasteiger partial charge in [-0.3, -0.25) is 4.57 Å². The van der Waals surface area contributed by atoms with Gasteiger partial charge in [-0.15, -0.1) is 0 Å². The Morgan fingerprint density at radius 3 is 2.57 bits per heavy atom. The van der Waals surface area contributed by atoms with Crippen molar-refractivity contribution in [3.63, 3.8) is 0 Å². The Labute approximate surface area is 127 Å². The lowest BCUT2D eigenvalue weighted by Gasteiger charge is -2.07. The lowest BCUT2D eigenvalue weighted by atomic mass is 10.1. The third kappa shape index (κ3) is 1.89. The Hall–Kier alpha value is -2.39. The molecule has 0 atom stereocenters. The number of nitrogens with zero attached hydrogens (tertiary/aromatic N) is 1. The van der Waals surface area contributed by atoms with Gasteiger partial charge in [0.1, 0.15) is 5.82 Å². The van der Waals surface area contributed by atoms with Gasteiger partial charge in [0.2, 0.25) is 0 Å². The van der Waals surface area contributed by atoms with Gasteiger partial charge in [0, 0.05) is 21.5 Å². The molecule has 2 aromatic heterocycles. The first-order valence-corrected chi connectivity index (χ1v) is 7.34. The SMILES string of the molecule is Cc1ccc2c3ccccc3n(-c3cc(=S)cc[nH]3)c2c1. The number of aromatic nitrogens is 2. The first-order valence-electron chi connectivity index (χ1n) is 6.93. The van der Waals surface area contributed by atoms with Crippen molar-refractivity contribution >= 4 is 34.0 Å². The highest BCUT2D eigenvalue weighted by molar-refractivity contribution is 7.71. The van der Waals surface area contributed by atoms with Crippen LogP contribution in [-0.2, 0) is 0 Å². The standard InChI is InChI=1S/C18H14N2S/c1-12-6-7-15-14-4-2-3-5-16(14)20(17(15)10-12)18-11-13(21)8-9-19-18/h2-11H,1H3,(H,19,21). The van der Waals surface area contributed by atoms with Crippen molar-refractivity contribution in [1.82, 2.24) is 9.55 Å². The molecule has 0 aliphatic carbocycles. The summed E-state index contributed by atoms with van der Waals surface area (Å²) in [4.78, 5) is 3.31. The molecule has 3 heteroatoms. The second-order valence-electron chi connectivity index (χ2n) is 5.28. The zero-order valence-corrected chi connectivity index (χ0v) is 12.4. The number of pyridine rings is 1. The van der Waals surface area contributed by atoms with Crippen LogP contribution in [0.3, 0.4) is 0 Å². The average Bonchev–Trinajstić information content (AvgIpc) is 2.80. The van der Waals surface area contributed by atoms with Gasteiger partial charge in [-0.2, -0.15) is 0 Å². The van der Waals surface area contributed by atoms with Crippen LogP contribution in [0.4, 0.5) is 0 Å². The molecule has 1 N–H and O–H groups in total. The summed E-state index contributed by atoms with van der Waals surface area (Å²) in [5.41, 5.74) is 3.64. The molecule has 0 saturated carbocycles. The summed E-state index contributed by atoms with van der Waals surface area (Å²) in [6.45, 7) is 2.12. The molecule has 2 heterocycles. The Morgan fingerprint density at radius 1 is 0.905 bits per heavy atom. The molecule has 2 nitrogen and oxygen atoms in total. The first kappa shape index (κ1) is 12.4. The van der Waals surface area contributed by atoms with Gasteiger partial charge in [0.05, 0.1) is 11.0 Å². The van der Waals surface area contributed by atoms with E-state index < -0.39 is 0 Å². The summed E-state index contributed by atoms with van der Waals surface area (Å²) in [6, 6.07) is 18.9. The van der Waals surface area contributed by atoms with Crippen molar-refractivity contribution in [2.45, 2.75) is 6.92 Å². The normalized spacial score (nSPS) is 11.3. The molecule has 0 saturated heterocycles. The number of benzene rings is 2. The highest BCUT2D eigenvalue weighted by atomic mass is 32.1. The van der Waals surface area contributed by atoms with Crippen LogP contribution in [0.25, 0.3) is 27.6 Å². The van der Waals surface area contributed by atoms with E-state index in [1.165, 1.54) is 27.4 Å². The summed E-state index contributed by atoms with van der Waals surface area (Å²) in [5.74, 6) is 0.999. The monoisotopic (exact) mass is 290 g/mol. The number of H-pyrrole nitrogens is 1. The Kier molecular flexibility index (Phi) is 2.69. The molecule has 0 fully saturated rings. The molecule has 21 heavy (non-hydrogen) atoms. The summed E-state index contributed by atoms with van der Waals surface area (Å²) in [6.07, 6.45) is 1.90. The second-order valence-corrected chi connectivity index (χ2v) is 5.75. The minimum atomic E-state index is 0.835. The molecule has 0 aliphatic rings. The van der Waals surface area contributed by atoms with Crippen LogP contribution in [0.15, 0.2) is 60.8 Å². The van der Waals surface area contributed by atoms with Gasteiger partial charge in [0.25, 0.3) is 0 Å². The van der Waals surface area contributed by atoms with Crippen molar-refractivity contribution in [3.05, 3.63) is 70.9 Å². The molecule has 0 amide bonds. The van der Waals surface area contributed by atoms with Gasteiger partial charge in [-0.05, 0) is 36.8 Å². The van der Waals surface area contributed by atoms with Crippen LogP contribution in [0.1, 0.15) is 5.56 Å². The number of rotatable bonds is 1. The van der Waals surface area contributed by atoms with Gasteiger partial charge in [-0.1, -0.05) is 42.5 Å². The highest BCUT2D eigenvalue weighted by Crippen LogP contribution is 2.31. The Bertz CT molecular complexity index is 1020. The number of para-hydroxylation sites is 1. The molecule has 4 aromatic rings. The van der Waals surface area contributed by atoms with E-state index in [4.69, 9.17) is 12.2 Å². The molecule has 0 spiro atoms. The smallest absolute Gasteiger partial charge is 0.116 e. The van der Waals surface area contributed by atoms with E-state index in [1.54, 1.807) is 0 Å². The average molecular weight is 290 g/mol. The van der Waals surface area contributed by atoms with Crippen molar-refractivity contribution in [2.75, 3.05) is 0 Å². The molecule has 4 rings (SSSR count). The minimum absolute atomic E-state index is 0.835. The molecule has 2 aromatic carbocycles. The van der Waals surface area contributed by atoms with Gasteiger partial charge < -0.3 is 4.98 Å². The largest absolute Gasteiger partial charge is 0.348 e. The number of hydrogen-bond acceptors (Lipinski definition) is 1. The van der Waals surface area contributed by atoms with E-state index >= 15 is 0 Å². The first-order chi connectivity index (χ1) is 10.2. The van der Waals surface area contributed by atoms with Crippen LogP contribution >= 0.6 is 12.2 Å². The third-order valence-electron chi connectivity index (χ3n) is 3.83. The van der Waals surface area contributed by atoms with Gasteiger partial charge >= 0.3 is 0 Å². The third-order valence-corrected chi connectivity index (χ3v) is 4.08. The van der Waals surface area contributed by atoms with Gasteiger partial charge in [0.15, 0.2) is 0 Å². The van der Waals surface area contributed by atoms with Gasteiger partial charge in [-0.25, -0.2) is 0 Å². The molecule has 0 unspecified atom stereocenters. The van der Waals surface area contributed by atoms with E-state index in [0.717, 1.165) is 10.3 Å². The fourth-order valence-electron chi connectivity index (χ4n) is 2.90. The molecule has 0 radical (unpaired) electrons. The number of aryl methyl sites for hydroxylation is 1. The number of nitrogens with one attached hydrogen (secondary N) is 1. The summed E-state index contributed by atoms with van der Waals surface area (Å²) >= 11 is 5.31. The zero-order chi connectivity index (χ0) is 14.4.